The lowest BCUT2D eigenvalue weighted by atomic mass is 9.84. The van der Waals surface area contributed by atoms with Crippen molar-refractivity contribution in [2.45, 2.75) is 44.8 Å². The van der Waals surface area contributed by atoms with Crippen molar-refractivity contribution in [3.8, 4) is 0 Å². The first kappa shape index (κ1) is 18.1. The van der Waals surface area contributed by atoms with Crippen LogP contribution >= 0.6 is 0 Å². The summed E-state index contributed by atoms with van der Waals surface area (Å²) >= 11 is 0. The molecule has 1 aliphatic heterocycles. The minimum Gasteiger partial charge on any atom is -0.453 e. The van der Waals surface area contributed by atoms with Crippen LogP contribution in [0.1, 0.15) is 32.6 Å². The summed E-state index contributed by atoms with van der Waals surface area (Å²) in [6, 6.07) is 0.0714. The molecule has 3 aliphatic carbocycles. The second kappa shape index (κ2) is 6.68. The van der Waals surface area contributed by atoms with Crippen LogP contribution in [0, 0.1) is 22.7 Å². The fourth-order valence-electron chi connectivity index (χ4n) is 6.61. The molecule has 1 heterocycles. The van der Waals surface area contributed by atoms with Crippen molar-refractivity contribution in [2.75, 3.05) is 33.9 Å². The Kier molecular flexibility index (Phi) is 4.64. The van der Waals surface area contributed by atoms with Crippen LogP contribution in [-0.2, 0) is 9.47 Å². The lowest BCUT2D eigenvalue weighted by Crippen LogP contribution is -2.47. The molecule has 26 heavy (non-hydrogen) atoms. The number of alkyl carbamates (subject to hydrolysis) is 1. The van der Waals surface area contributed by atoms with Gasteiger partial charge in [0.15, 0.2) is 0 Å². The zero-order chi connectivity index (χ0) is 18.4. The fraction of sp³-hybridized carbons (Fsp3) is 0.762. The molecule has 1 unspecified atom stereocenters. The van der Waals surface area contributed by atoms with E-state index in [0.29, 0.717) is 5.92 Å². The number of likely N-dealkylation sites (tertiary alicyclic amines) is 1. The Bertz CT molecular complexity index is 612. The van der Waals surface area contributed by atoms with Crippen molar-refractivity contribution >= 4 is 6.09 Å². The van der Waals surface area contributed by atoms with Crippen LogP contribution in [0.25, 0.3) is 0 Å². The van der Waals surface area contributed by atoms with E-state index in [9.17, 15) is 4.79 Å². The molecule has 1 saturated heterocycles. The molecule has 4 aliphatic rings. The number of hydrogen-bond acceptors (Lipinski definition) is 4. The molecule has 0 aromatic rings. The van der Waals surface area contributed by atoms with Crippen LogP contribution in [0.4, 0.5) is 4.79 Å². The van der Waals surface area contributed by atoms with Gasteiger partial charge in [-0.2, -0.15) is 0 Å². The highest BCUT2D eigenvalue weighted by Gasteiger charge is 2.85. The summed E-state index contributed by atoms with van der Waals surface area (Å²) in [6.45, 7) is 5.72. The number of methoxy groups -OCH3 is 2. The topological polar surface area (TPSA) is 50.8 Å². The van der Waals surface area contributed by atoms with Crippen molar-refractivity contribution in [3.05, 3.63) is 24.3 Å². The van der Waals surface area contributed by atoms with Gasteiger partial charge in [-0.3, -0.25) is 0 Å². The molecular formula is C21H32N2O3. The highest BCUT2D eigenvalue weighted by molar-refractivity contribution is 5.68. The summed E-state index contributed by atoms with van der Waals surface area (Å²) in [5.41, 5.74) is 0.0413. The van der Waals surface area contributed by atoms with Crippen molar-refractivity contribution in [2.24, 2.45) is 22.7 Å². The quantitative estimate of drug-likeness (QED) is 0.819. The molecule has 3 fully saturated rings. The molecular weight excluding hydrogens is 328 g/mol. The predicted octanol–water partition coefficient (Wildman–Crippen LogP) is 2.98. The van der Waals surface area contributed by atoms with Gasteiger partial charge in [-0.1, -0.05) is 37.6 Å². The normalized spacial score (nSPS) is 43.7. The van der Waals surface area contributed by atoms with E-state index < -0.39 is 0 Å². The maximum atomic E-state index is 12.1. The van der Waals surface area contributed by atoms with Gasteiger partial charge >= 0.3 is 6.09 Å². The minimum atomic E-state index is -0.331. The summed E-state index contributed by atoms with van der Waals surface area (Å²) in [5.74, 6) is 0.695. The fourth-order valence-corrected chi connectivity index (χ4v) is 6.61. The number of rotatable bonds is 5. The Balaban J connectivity index is 1.63. The van der Waals surface area contributed by atoms with Crippen molar-refractivity contribution in [3.63, 3.8) is 0 Å². The summed E-state index contributed by atoms with van der Waals surface area (Å²) in [6.07, 6.45) is 13.9. The van der Waals surface area contributed by atoms with E-state index in [2.05, 4.69) is 41.4 Å². The largest absolute Gasteiger partial charge is 0.453 e. The van der Waals surface area contributed by atoms with Crippen LogP contribution in [0.5, 0.6) is 0 Å². The van der Waals surface area contributed by atoms with Crippen LogP contribution in [0.2, 0.25) is 0 Å². The van der Waals surface area contributed by atoms with Gasteiger partial charge in [-0.05, 0) is 44.8 Å². The average molecular weight is 360 g/mol. The number of allylic oxidation sites excluding steroid dienone is 3. The first-order valence-electron chi connectivity index (χ1n) is 10.1. The van der Waals surface area contributed by atoms with Gasteiger partial charge in [0.05, 0.1) is 13.2 Å². The monoisotopic (exact) mass is 360 g/mol. The second-order valence-electron chi connectivity index (χ2n) is 8.48. The number of fused-ring (bicyclic) bond motifs is 1. The van der Waals surface area contributed by atoms with E-state index in [-0.39, 0.29) is 35.0 Å². The van der Waals surface area contributed by atoms with Gasteiger partial charge in [0.2, 0.25) is 0 Å². The van der Waals surface area contributed by atoms with Gasteiger partial charge in [0, 0.05) is 29.9 Å². The van der Waals surface area contributed by atoms with Gasteiger partial charge < -0.3 is 19.7 Å². The molecule has 0 bridgehead atoms. The molecule has 1 amide bonds. The Hall–Kier alpha value is -1.33. The van der Waals surface area contributed by atoms with Gasteiger partial charge in [0.25, 0.3) is 0 Å². The molecule has 5 nitrogen and oxygen atoms in total. The second-order valence-corrected chi connectivity index (χ2v) is 8.48. The lowest BCUT2D eigenvalue weighted by Gasteiger charge is -2.33. The number of carbonyl (C=O) groups is 1. The van der Waals surface area contributed by atoms with Gasteiger partial charge in [0.1, 0.15) is 0 Å². The number of carbonyl (C=O) groups excluding carboxylic acids is 1. The summed E-state index contributed by atoms with van der Waals surface area (Å²) in [4.78, 5) is 14.7. The van der Waals surface area contributed by atoms with Gasteiger partial charge in [-0.15, -0.1) is 0 Å². The third-order valence-electron chi connectivity index (χ3n) is 7.61. The van der Waals surface area contributed by atoms with Crippen LogP contribution in [0.3, 0.4) is 0 Å². The van der Waals surface area contributed by atoms with E-state index in [0.717, 1.165) is 13.0 Å². The van der Waals surface area contributed by atoms with Crippen molar-refractivity contribution in [1.82, 2.24) is 10.2 Å². The van der Waals surface area contributed by atoms with E-state index in [1.807, 2.05) is 7.11 Å². The molecule has 0 radical (unpaired) electrons. The number of nitrogens with one attached hydrogen (secondary N) is 1. The minimum absolute atomic E-state index is 0.0113. The summed E-state index contributed by atoms with van der Waals surface area (Å²) < 4.78 is 11.0. The molecule has 1 N–H and O–H groups in total. The van der Waals surface area contributed by atoms with E-state index in [1.165, 1.54) is 39.5 Å². The number of ether oxygens (including phenoxy) is 2. The maximum Gasteiger partial charge on any atom is 0.407 e. The number of amides is 1. The number of hydrogen-bond donors (Lipinski definition) is 1. The van der Waals surface area contributed by atoms with Gasteiger partial charge in [-0.25, -0.2) is 4.79 Å². The smallest absolute Gasteiger partial charge is 0.407 e. The molecule has 6 atom stereocenters. The summed E-state index contributed by atoms with van der Waals surface area (Å²) in [7, 11) is 3.26. The molecule has 2 saturated carbocycles. The standard InChI is InChI=1S/C21H32N2O3/c1-15-17(22-19(24)26-3)20(11-14-23-12-7-4-8-13-23)16-9-5-6-10-21(16,20)18(15)25-2/h5-6,9-10,15-18H,4,7-8,11-14H2,1-3H3,(H,22,24)/t15-,16+,17-,18+,20?,21+/m1/s1. The Morgan fingerprint density at radius 2 is 2.00 bits per heavy atom. The van der Waals surface area contributed by atoms with Crippen LogP contribution in [0.15, 0.2) is 24.3 Å². The molecule has 5 heteroatoms. The van der Waals surface area contributed by atoms with E-state index in [1.54, 1.807) is 0 Å². The average Bonchev–Trinajstić information content (AvgIpc) is 3.22. The Morgan fingerprint density at radius 3 is 2.69 bits per heavy atom. The highest BCUT2D eigenvalue weighted by Crippen LogP contribution is 2.82. The SMILES string of the molecule is COC(=O)N[C@@H]1[C@@H](C)[C@H](OC)[C@]23C=CC=C[C@H]2C13CCN1CCCCC1. The first-order chi connectivity index (χ1) is 12.6. The molecule has 0 aromatic heterocycles. The molecule has 144 valence electrons. The van der Waals surface area contributed by atoms with Crippen molar-refractivity contribution in [1.29, 1.82) is 0 Å². The third kappa shape index (κ3) is 2.32. The first-order valence-corrected chi connectivity index (χ1v) is 10.1. The zero-order valence-electron chi connectivity index (χ0n) is 16.2. The molecule has 0 aromatic carbocycles. The van der Waals surface area contributed by atoms with Crippen LogP contribution < -0.4 is 5.32 Å². The lowest BCUT2D eigenvalue weighted by molar-refractivity contribution is 0.0253. The highest BCUT2D eigenvalue weighted by atomic mass is 16.5. The maximum absolute atomic E-state index is 12.1. The Labute approximate surface area is 156 Å². The number of nitrogens with zero attached hydrogens (tertiary/aromatic N) is 1. The van der Waals surface area contributed by atoms with E-state index >= 15 is 0 Å². The molecule has 4 rings (SSSR count). The van der Waals surface area contributed by atoms with E-state index in [4.69, 9.17) is 9.47 Å². The van der Waals surface area contributed by atoms with Crippen molar-refractivity contribution < 1.29 is 14.3 Å². The zero-order valence-corrected chi connectivity index (χ0v) is 16.2. The third-order valence-corrected chi connectivity index (χ3v) is 7.61. The molecule has 1 spiro atoms. The predicted molar refractivity (Wildman–Crippen MR) is 101 cm³/mol. The Morgan fingerprint density at radius 1 is 1.23 bits per heavy atom. The van der Waals surface area contributed by atoms with Crippen LogP contribution in [-0.4, -0.2) is 57.0 Å². The summed E-state index contributed by atoms with van der Waals surface area (Å²) in [5, 5.41) is 3.19. The number of piperidine rings is 1.